The molecule has 0 spiro atoms. The lowest BCUT2D eigenvalue weighted by molar-refractivity contribution is -0.145. The van der Waals surface area contributed by atoms with Gasteiger partial charge < -0.3 is 14.6 Å². The number of hydrogen-bond donors (Lipinski definition) is 2. The van der Waals surface area contributed by atoms with Crippen LogP contribution < -0.4 is 5.32 Å². The summed E-state index contributed by atoms with van der Waals surface area (Å²) in [6, 6.07) is 12.7. The fraction of sp³-hybridized carbons (Fsp3) is 0.263. The molecule has 0 radical (unpaired) electrons. The van der Waals surface area contributed by atoms with E-state index in [9.17, 15) is 14.7 Å². The predicted molar refractivity (Wildman–Crippen MR) is 92.1 cm³/mol. The van der Waals surface area contributed by atoms with Crippen molar-refractivity contribution in [3.8, 4) is 5.75 Å². The van der Waals surface area contributed by atoms with E-state index >= 15 is 0 Å². The highest BCUT2D eigenvalue weighted by molar-refractivity contribution is 5.89. The molecule has 0 saturated carbocycles. The van der Waals surface area contributed by atoms with E-state index in [0.29, 0.717) is 17.7 Å². The summed E-state index contributed by atoms with van der Waals surface area (Å²) in [5, 5.41) is 12.8. The second-order valence-electron chi connectivity index (χ2n) is 5.35. The molecule has 0 aliphatic heterocycles. The first kappa shape index (κ1) is 18.5. The first-order valence-corrected chi connectivity index (χ1v) is 7.91. The van der Waals surface area contributed by atoms with Gasteiger partial charge in [0.1, 0.15) is 11.8 Å². The van der Waals surface area contributed by atoms with Crippen molar-refractivity contribution < 1.29 is 24.2 Å². The van der Waals surface area contributed by atoms with E-state index in [-0.39, 0.29) is 12.4 Å². The van der Waals surface area contributed by atoms with Crippen LogP contribution in [-0.2, 0) is 20.8 Å². The lowest BCUT2D eigenvalue weighted by atomic mass is 10.1. The molecule has 2 aromatic rings. The maximum atomic E-state index is 12.2. The normalized spacial score (nSPS) is 11.6. The van der Waals surface area contributed by atoms with Crippen molar-refractivity contribution in [2.45, 2.75) is 19.5 Å². The fourth-order valence-electron chi connectivity index (χ4n) is 2.36. The van der Waals surface area contributed by atoms with Crippen LogP contribution >= 0.6 is 0 Å². The molecule has 2 rings (SSSR count). The fourth-order valence-corrected chi connectivity index (χ4v) is 2.36. The Morgan fingerprint density at radius 2 is 1.88 bits per heavy atom. The van der Waals surface area contributed by atoms with Crippen LogP contribution in [0.25, 0.3) is 0 Å². The van der Waals surface area contributed by atoms with Crippen LogP contribution in [0.15, 0.2) is 48.5 Å². The number of benzene rings is 2. The van der Waals surface area contributed by atoms with Gasteiger partial charge in [-0.2, -0.15) is 0 Å². The molecule has 0 saturated heterocycles. The van der Waals surface area contributed by atoms with Crippen LogP contribution in [0.1, 0.15) is 34.5 Å². The molecule has 6 nitrogen and oxygen atoms in total. The summed E-state index contributed by atoms with van der Waals surface area (Å²) in [4.78, 5) is 23.7. The van der Waals surface area contributed by atoms with Gasteiger partial charge in [-0.3, -0.25) is 5.32 Å². The summed E-state index contributed by atoms with van der Waals surface area (Å²) in [5.74, 6) is -0.737. The topological polar surface area (TPSA) is 84.9 Å². The number of aromatic hydroxyl groups is 1. The maximum Gasteiger partial charge on any atom is 0.337 e. The molecular weight excluding hydrogens is 322 g/mol. The van der Waals surface area contributed by atoms with Gasteiger partial charge in [0.05, 0.1) is 19.3 Å². The van der Waals surface area contributed by atoms with Crippen LogP contribution in [0.2, 0.25) is 0 Å². The van der Waals surface area contributed by atoms with Gasteiger partial charge >= 0.3 is 11.9 Å². The summed E-state index contributed by atoms with van der Waals surface area (Å²) < 4.78 is 9.77. The standard InChI is InChI=1S/C19H21NO5/c1-3-25-19(23)17(15-5-4-6-16(21)11-15)20-12-13-7-9-14(10-8-13)18(22)24-2/h4-11,17,20-21H,3,12H2,1-2H3/t17-/m0/s1. The Bertz CT molecular complexity index is 727. The van der Waals surface area contributed by atoms with Gasteiger partial charge in [0.2, 0.25) is 0 Å². The third kappa shape index (κ3) is 5.06. The zero-order valence-corrected chi connectivity index (χ0v) is 14.2. The van der Waals surface area contributed by atoms with Crippen molar-refractivity contribution in [1.29, 1.82) is 0 Å². The Hall–Kier alpha value is -2.86. The summed E-state index contributed by atoms with van der Waals surface area (Å²) >= 11 is 0. The molecule has 0 aliphatic rings. The van der Waals surface area contributed by atoms with Gasteiger partial charge in [0.25, 0.3) is 0 Å². The molecule has 2 N–H and O–H groups in total. The van der Waals surface area contributed by atoms with Crippen LogP contribution in [-0.4, -0.2) is 30.8 Å². The molecule has 2 aromatic carbocycles. The number of methoxy groups -OCH3 is 1. The lowest BCUT2D eigenvalue weighted by Gasteiger charge is -2.18. The molecule has 132 valence electrons. The SMILES string of the molecule is CCOC(=O)[C@@H](NCc1ccc(C(=O)OC)cc1)c1cccc(O)c1. The van der Waals surface area contributed by atoms with Crippen LogP contribution in [0, 0.1) is 0 Å². The minimum absolute atomic E-state index is 0.0797. The number of carbonyl (C=O) groups excluding carboxylic acids is 2. The Balaban J connectivity index is 2.11. The summed E-state index contributed by atoms with van der Waals surface area (Å²) in [5.41, 5.74) is 1.97. The highest BCUT2D eigenvalue weighted by Crippen LogP contribution is 2.20. The maximum absolute atomic E-state index is 12.2. The average molecular weight is 343 g/mol. The van der Waals surface area contributed by atoms with Crippen LogP contribution in [0.5, 0.6) is 5.75 Å². The van der Waals surface area contributed by atoms with E-state index in [4.69, 9.17) is 4.74 Å². The van der Waals surface area contributed by atoms with Crippen molar-refractivity contribution in [2.75, 3.05) is 13.7 Å². The van der Waals surface area contributed by atoms with Crippen LogP contribution in [0.3, 0.4) is 0 Å². The number of nitrogens with one attached hydrogen (secondary N) is 1. The van der Waals surface area contributed by atoms with Crippen molar-refractivity contribution in [3.05, 3.63) is 65.2 Å². The summed E-state index contributed by atoms with van der Waals surface area (Å²) in [7, 11) is 1.33. The quantitative estimate of drug-likeness (QED) is 0.752. The number of phenols is 1. The third-order valence-electron chi connectivity index (χ3n) is 3.61. The van der Waals surface area contributed by atoms with E-state index in [2.05, 4.69) is 10.1 Å². The first-order valence-electron chi connectivity index (χ1n) is 7.91. The Morgan fingerprint density at radius 1 is 1.16 bits per heavy atom. The average Bonchev–Trinajstić information content (AvgIpc) is 2.62. The smallest absolute Gasteiger partial charge is 0.337 e. The van der Waals surface area contributed by atoms with E-state index in [1.807, 2.05) is 0 Å². The van der Waals surface area contributed by atoms with Gasteiger partial charge in [-0.1, -0.05) is 24.3 Å². The van der Waals surface area contributed by atoms with E-state index < -0.39 is 18.0 Å². The van der Waals surface area contributed by atoms with E-state index in [0.717, 1.165) is 5.56 Å². The first-order chi connectivity index (χ1) is 12.0. The summed E-state index contributed by atoms with van der Waals surface area (Å²) in [6.45, 7) is 2.40. The number of hydrogen-bond acceptors (Lipinski definition) is 6. The van der Waals surface area contributed by atoms with E-state index in [1.54, 1.807) is 43.3 Å². The number of carbonyl (C=O) groups is 2. The molecule has 0 heterocycles. The minimum atomic E-state index is -0.702. The number of rotatable bonds is 7. The van der Waals surface area contributed by atoms with Gasteiger partial charge in [0.15, 0.2) is 0 Å². The Kier molecular flexibility index (Phi) is 6.54. The molecule has 0 fully saturated rings. The van der Waals surface area contributed by atoms with Gasteiger partial charge in [0, 0.05) is 6.54 Å². The monoisotopic (exact) mass is 343 g/mol. The minimum Gasteiger partial charge on any atom is -0.508 e. The Labute approximate surface area is 146 Å². The second kappa shape index (κ2) is 8.84. The van der Waals surface area contributed by atoms with E-state index in [1.165, 1.54) is 19.2 Å². The van der Waals surface area contributed by atoms with Crippen molar-refractivity contribution in [2.24, 2.45) is 0 Å². The highest BCUT2D eigenvalue weighted by Gasteiger charge is 2.21. The largest absolute Gasteiger partial charge is 0.508 e. The van der Waals surface area contributed by atoms with Crippen molar-refractivity contribution in [1.82, 2.24) is 5.32 Å². The molecule has 0 amide bonds. The Morgan fingerprint density at radius 3 is 2.48 bits per heavy atom. The number of esters is 2. The van der Waals surface area contributed by atoms with Crippen LogP contribution in [0.4, 0.5) is 0 Å². The second-order valence-corrected chi connectivity index (χ2v) is 5.35. The molecule has 0 bridgehead atoms. The molecule has 25 heavy (non-hydrogen) atoms. The zero-order chi connectivity index (χ0) is 18.2. The van der Waals surface area contributed by atoms with Crippen molar-refractivity contribution >= 4 is 11.9 Å². The molecule has 0 aromatic heterocycles. The third-order valence-corrected chi connectivity index (χ3v) is 3.61. The molecule has 0 aliphatic carbocycles. The highest BCUT2D eigenvalue weighted by atomic mass is 16.5. The molecule has 6 heteroatoms. The molecule has 1 atom stereocenters. The summed E-state index contributed by atoms with van der Waals surface area (Å²) in [6.07, 6.45) is 0. The zero-order valence-electron chi connectivity index (χ0n) is 14.2. The lowest BCUT2D eigenvalue weighted by Crippen LogP contribution is -2.30. The molecule has 0 unspecified atom stereocenters. The predicted octanol–water partition coefficient (Wildman–Crippen LogP) is 2.57. The van der Waals surface area contributed by atoms with Crippen molar-refractivity contribution in [3.63, 3.8) is 0 Å². The van der Waals surface area contributed by atoms with Gasteiger partial charge in [-0.15, -0.1) is 0 Å². The van der Waals surface area contributed by atoms with Gasteiger partial charge in [-0.05, 0) is 42.3 Å². The van der Waals surface area contributed by atoms with Gasteiger partial charge in [-0.25, -0.2) is 9.59 Å². The number of phenolic OH excluding ortho intramolecular Hbond substituents is 1. The number of ether oxygens (including phenoxy) is 2. The molecular formula is C19H21NO5.